The summed E-state index contributed by atoms with van der Waals surface area (Å²) in [6.07, 6.45) is 5.52. The van der Waals surface area contributed by atoms with E-state index in [1.807, 2.05) is 45.2 Å². The van der Waals surface area contributed by atoms with Gasteiger partial charge in [-0.2, -0.15) is 13.9 Å². The fraction of sp³-hybridized carbons (Fsp3) is 0.208. The average Bonchev–Trinajstić information content (AvgIpc) is 3.19. The van der Waals surface area contributed by atoms with Gasteiger partial charge in [-0.25, -0.2) is 4.68 Å². The minimum Gasteiger partial charge on any atom is -0.430 e. The van der Waals surface area contributed by atoms with Crippen LogP contribution in [0.25, 0.3) is 16.8 Å². The third-order valence-corrected chi connectivity index (χ3v) is 4.37. The number of rotatable bonds is 6. The molecule has 0 aliphatic heterocycles. The van der Waals surface area contributed by atoms with Gasteiger partial charge in [0.1, 0.15) is 5.75 Å². The lowest BCUT2D eigenvalue weighted by Crippen LogP contribution is -2.14. The van der Waals surface area contributed by atoms with Crippen molar-refractivity contribution in [2.24, 2.45) is 0 Å². The molecule has 0 spiro atoms. The van der Waals surface area contributed by atoms with E-state index in [9.17, 15) is 8.78 Å². The Kier molecular flexibility index (Phi) is 8.08. The van der Waals surface area contributed by atoms with Gasteiger partial charge in [0, 0.05) is 17.8 Å². The van der Waals surface area contributed by atoms with E-state index in [1.165, 1.54) is 32.5 Å². The van der Waals surface area contributed by atoms with Crippen LogP contribution in [0.3, 0.4) is 0 Å². The third-order valence-electron chi connectivity index (χ3n) is 4.25. The van der Waals surface area contributed by atoms with E-state index in [4.69, 9.17) is 0 Å². The van der Waals surface area contributed by atoms with Crippen LogP contribution in [-0.2, 0) is 0 Å². The zero-order valence-corrected chi connectivity index (χ0v) is 18.8. The first kappa shape index (κ1) is 23.5. The first-order chi connectivity index (χ1) is 14.2. The predicted octanol–water partition coefficient (Wildman–Crippen LogP) is 7.13. The van der Waals surface area contributed by atoms with Crippen molar-refractivity contribution in [2.75, 3.05) is 0 Å². The zero-order valence-electron chi connectivity index (χ0n) is 17.7. The molecule has 0 bridgehead atoms. The summed E-state index contributed by atoms with van der Waals surface area (Å²) in [7, 11) is 1.36. The summed E-state index contributed by atoms with van der Waals surface area (Å²) in [6.45, 7) is 12.3. The molecule has 0 fully saturated rings. The van der Waals surface area contributed by atoms with Gasteiger partial charge in [-0.3, -0.25) is 0 Å². The Morgan fingerprint density at radius 2 is 1.87 bits per heavy atom. The standard InChI is InChI=1S/C22H21F2N2OP.C2H6/c1-15-7-4-5-10-21(15)17(3)11-16(2)18-13-25-26(14-18)19-8-6-9-20(12-19)27-22(23,24)28;1-2/h4-14H,2,28H2,1,3H3;1-2H3/b17-11-;. The van der Waals surface area contributed by atoms with Crippen LogP contribution >= 0.6 is 9.24 Å². The number of nitrogens with zero attached hydrogens (tertiary/aromatic N) is 2. The number of aryl methyl sites for hydroxylation is 1. The highest BCUT2D eigenvalue weighted by Crippen LogP contribution is 2.29. The van der Waals surface area contributed by atoms with E-state index >= 15 is 0 Å². The lowest BCUT2D eigenvalue weighted by Gasteiger charge is -2.13. The molecule has 3 nitrogen and oxygen atoms in total. The van der Waals surface area contributed by atoms with Crippen molar-refractivity contribution in [1.82, 2.24) is 9.78 Å². The Morgan fingerprint density at radius 3 is 2.53 bits per heavy atom. The summed E-state index contributed by atoms with van der Waals surface area (Å²) in [4.78, 5) is 0. The topological polar surface area (TPSA) is 27.1 Å². The molecule has 1 atom stereocenters. The molecule has 0 saturated carbocycles. The molecule has 3 aromatic rings. The average molecular weight is 428 g/mol. The number of ether oxygens (including phenoxy) is 1. The summed E-state index contributed by atoms with van der Waals surface area (Å²) < 4.78 is 32.3. The van der Waals surface area contributed by atoms with E-state index in [2.05, 4.69) is 35.5 Å². The van der Waals surface area contributed by atoms with Gasteiger partial charge < -0.3 is 4.74 Å². The molecule has 3 rings (SSSR count). The fourth-order valence-electron chi connectivity index (χ4n) is 2.91. The van der Waals surface area contributed by atoms with Crippen molar-refractivity contribution < 1.29 is 13.5 Å². The molecule has 158 valence electrons. The van der Waals surface area contributed by atoms with E-state index in [-0.39, 0.29) is 5.75 Å². The number of hydrogen-bond donors (Lipinski definition) is 0. The van der Waals surface area contributed by atoms with Crippen LogP contribution in [0.2, 0.25) is 0 Å². The maximum atomic E-state index is 13.0. The molecule has 1 unspecified atom stereocenters. The molecular weight excluding hydrogens is 401 g/mol. The van der Waals surface area contributed by atoms with Crippen LogP contribution < -0.4 is 4.74 Å². The van der Waals surface area contributed by atoms with Crippen molar-refractivity contribution in [1.29, 1.82) is 0 Å². The van der Waals surface area contributed by atoms with Crippen molar-refractivity contribution in [3.63, 3.8) is 0 Å². The van der Waals surface area contributed by atoms with Gasteiger partial charge in [0.05, 0.1) is 11.9 Å². The number of halogens is 2. The molecule has 0 aliphatic rings. The molecular formula is C24H27F2N2OP. The van der Waals surface area contributed by atoms with Crippen LogP contribution in [0, 0.1) is 6.92 Å². The fourth-order valence-corrected chi connectivity index (χ4v) is 3.05. The maximum Gasteiger partial charge on any atom is 0.408 e. The van der Waals surface area contributed by atoms with Gasteiger partial charge in [0.15, 0.2) is 0 Å². The number of alkyl halides is 2. The molecule has 0 amide bonds. The minimum atomic E-state index is -3.32. The third kappa shape index (κ3) is 6.36. The van der Waals surface area contributed by atoms with Gasteiger partial charge in [0.25, 0.3) is 0 Å². The Hall–Kier alpha value is -2.78. The van der Waals surface area contributed by atoms with Crippen molar-refractivity contribution in [3.8, 4) is 11.4 Å². The van der Waals surface area contributed by atoms with Gasteiger partial charge in [-0.1, -0.05) is 56.8 Å². The monoisotopic (exact) mass is 428 g/mol. The normalized spacial score (nSPS) is 11.5. The van der Waals surface area contributed by atoms with Crippen LogP contribution in [0.5, 0.6) is 5.75 Å². The predicted molar refractivity (Wildman–Crippen MR) is 124 cm³/mol. The van der Waals surface area contributed by atoms with Crippen LogP contribution in [0.1, 0.15) is 37.5 Å². The number of hydrogen-bond acceptors (Lipinski definition) is 2. The Labute approximate surface area is 179 Å². The van der Waals surface area contributed by atoms with E-state index in [1.54, 1.807) is 23.0 Å². The Balaban J connectivity index is 0.00000155. The summed E-state index contributed by atoms with van der Waals surface area (Å²) in [5.41, 5.74) is 5.74. The van der Waals surface area contributed by atoms with Crippen LogP contribution in [0.4, 0.5) is 8.78 Å². The van der Waals surface area contributed by atoms with Crippen LogP contribution in [0.15, 0.2) is 73.6 Å². The first-order valence-electron chi connectivity index (χ1n) is 9.67. The molecule has 2 aromatic carbocycles. The van der Waals surface area contributed by atoms with Gasteiger partial charge in [0.2, 0.25) is 0 Å². The highest BCUT2D eigenvalue weighted by molar-refractivity contribution is 7.17. The smallest absolute Gasteiger partial charge is 0.408 e. The van der Waals surface area contributed by atoms with E-state index in [0.717, 1.165) is 16.7 Å². The lowest BCUT2D eigenvalue weighted by molar-refractivity contribution is -0.0892. The Morgan fingerprint density at radius 1 is 1.17 bits per heavy atom. The molecule has 6 heteroatoms. The summed E-state index contributed by atoms with van der Waals surface area (Å²) in [5.74, 6) is -3.26. The van der Waals surface area contributed by atoms with Crippen LogP contribution in [-0.4, -0.2) is 15.6 Å². The highest BCUT2D eigenvalue weighted by Gasteiger charge is 2.23. The molecule has 30 heavy (non-hydrogen) atoms. The second-order valence-corrected chi connectivity index (χ2v) is 7.17. The SMILES string of the molecule is C=C(/C=C(/C)c1ccccc1C)c1cnn(-c2cccc(OC(F)(F)P)c2)c1.CC. The molecule has 1 heterocycles. The highest BCUT2D eigenvalue weighted by atomic mass is 31.0. The zero-order chi connectivity index (χ0) is 22.3. The molecule has 0 radical (unpaired) electrons. The van der Waals surface area contributed by atoms with E-state index in [0.29, 0.717) is 5.69 Å². The second kappa shape index (κ2) is 10.3. The largest absolute Gasteiger partial charge is 0.430 e. The Bertz CT molecular complexity index is 1040. The minimum absolute atomic E-state index is 0.0590. The van der Waals surface area contributed by atoms with Gasteiger partial charge in [-0.05, 0) is 57.5 Å². The van der Waals surface area contributed by atoms with Gasteiger partial charge in [-0.15, -0.1) is 0 Å². The van der Waals surface area contributed by atoms with Crippen molar-refractivity contribution in [2.45, 2.75) is 33.5 Å². The number of allylic oxidation sites excluding steroid dienone is 3. The molecule has 0 aliphatic carbocycles. The first-order valence-corrected chi connectivity index (χ1v) is 10.2. The molecule has 0 N–H and O–H groups in total. The molecule has 0 saturated heterocycles. The summed E-state index contributed by atoms with van der Waals surface area (Å²) in [6, 6.07) is 14.5. The van der Waals surface area contributed by atoms with E-state index < -0.39 is 5.85 Å². The second-order valence-electron chi connectivity index (χ2n) is 6.50. The van der Waals surface area contributed by atoms with Crippen molar-refractivity contribution in [3.05, 3.63) is 90.3 Å². The number of aromatic nitrogens is 2. The molecule has 1 aromatic heterocycles. The summed E-state index contributed by atoms with van der Waals surface area (Å²) >= 11 is 0. The lowest BCUT2D eigenvalue weighted by atomic mass is 9.99. The van der Waals surface area contributed by atoms with Gasteiger partial charge >= 0.3 is 5.85 Å². The number of benzene rings is 2. The quantitative estimate of drug-likeness (QED) is 0.308. The van der Waals surface area contributed by atoms with Crippen molar-refractivity contribution >= 4 is 20.4 Å². The summed E-state index contributed by atoms with van der Waals surface area (Å²) in [5, 5.41) is 4.32. The maximum absolute atomic E-state index is 13.0.